The molecule has 0 unspecified atom stereocenters. The Bertz CT molecular complexity index is 793. The van der Waals surface area contributed by atoms with Crippen molar-refractivity contribution in [3.8, 4) is 0 Å². The lowest BCUT2D eigenvalue weighted by Gasteiger charge is -2.07. The molecule has 6 heteroatoms. The second kappa shape index (κ2) is 7.82. The fraction of sp³-hybridized carbons (Fsp3) is 0.111. The van der Waals surface area contributed by atoms with E-state index >= 15 is 0 Å². The summed E-state index contributed by atoms with van der Waals surface area (Å²) in [7, 11) is 0. The summed E-state index contributed by atoms with van der Waals surface area (Å²) < 4.78 is 0. The zero-order valence-corrected chi connectivity index (χ0v) is 13.0. The molecule has 2 heterocycles. The third-order valence-corrected chi connectivity index (χ3v) is 3.36. The molecule has 0 fully saturated rings. The molecule has 24 heavy (non-hydrogen) atoms. The Morgan fingerprint density at radius 3 is 2.54 bits per heavy atom. The second-order valence-electron chi connectivity index (χ2n) is 5.15. The predicted octanol–water partition coefficient (Wildman–Crippen LogP) is 2.41. The number of hydrogen-bond acceptors (Lipinski definition) is 5. The first-order chi connectivity index (χ1) is 11.8. The van der Waals surface area contributed by atoms with Crippen molar-refractivity contribution in [2.24, 2.45) is 0 Å². The van der Waals surface area contributed by atoms with Crippen LogP contribution in [-0.2, 0) is 13.1 Å². The van der Waals surface area contributed by atoms with E-state index in [4.69, 9.17) is 0 Å². The molecule has 0 atom stereocenters. The third kappa shape index (κ3) is 4.36. The van der Waals surface area contributed by atoms with Gasteiger partial charge >= 0.3 is 0 Å². The van der Waals surface area contributed by atoms with Gasteiger partial charge in [0.25, 0.3) is 5.91 Å². The first-order valence-electron chi connectivity index (χ1n) is 7.59. The van der Waals surface area contributed by atoms with Crippen LogP contribution < -0.4 is 10.6 Å². The minimum atomic E-state index is -0.246. The topological polar surface area (TPSA) is 79.8 Å². The van der Waals surface area contributed by atoms with Gasteiger partial charge in [-0.05, 0) is 23.3 Å². The highest BCUT2D eigenvalue weighted by Gasteiger charge is 2.08. The maximum absolute atomic E-state index is 12.2. The molecule has 2 aromatic heterocycles. The highest BCUT2D eigenvalue weighted by Crippen LogP contribution is 2.05. The van der Waals surface area contributed by atoms with E-state index in [-0.39, 0.29) is 5.91 Å². The van der Waals surface area contributed by atoms with Gasteiger partial charge in [0.2, 0.25) is 5.95 Å². The number of carbonyl (C=O) groups is 1. The number of hydrogen-bond donors (Lipinski definition) is 2. The summed E-state index contributed by atoms with van der Waals surface area (Å²) in [4.78, 5) is 24.6. The lowest BCUT2D eigenvalue weighted by Crippen LogP contribution is -2.24. The van der Waals surface area contributed by atoms with E-state index in [1.807, 2.05) is 42.5 Å². The largest absolute Gasteiger partial charge is 0.350 e. The molecule has 0 aliphatic rings. The lowest BCUT2D eigenvalue weighted by molar-refractivity contribution is 0.0946. The maximum Gasteiger partial charge on any atom is 0.270 e. The van der Waals surface area contributed by atoms with Gasteiger partial charge in [-0.1, -0.05) is 36.4 Å². The van der Waals surface area contributed by atoms with Crippen LogP contribution in [0.4, 0.5) is 5.95 Å². The summed E-state index contributed by atoms with van der Waals surface area (Å²) >= 11 is 0. The Labute approximate surface area is 140 Å². The lowest BCUT2D eigenvalue weighted by atomic mass is 10.2. The van der Waals surface area contributed by atoms with Gasteiger partial charge in [-0.25, -0.2) is 9.97 Å². The van der Waals surface area contributed by atoms with Gasteiger partial charge in [-0.3, -0.25) is 9.78 Å². The highest BCUT2D eigenvalue weighted by molar-refractivity contribution is 5.92. The van der Waals surface area contributed by atoms with E-state index in [9.17, 15) is 4.79 Å². The molecule has 0 saturated carbocycles. The Kier molecular flexibility index (Phi) is 5.09. The van der Waals surface area contributed by atoms with Gasteiger partial charge in [0.05, 0.1) is 0 Å². The summed E-state index contributed by atoms with van der Waals surface area (Å²) in [5.74, 6) is 0.178. The molecule has 0 bridgehead atoms. The number of benzene rings is 1. The van der Waals surface area contributed by atoms with Crippen LogP contribution >= 0.6 is 0 Å². The quantitative estimate of drug-likeness (QED) is 0.729. The van der Waals surface area contributed by atoms with Crippen molar-refractivity contribution in [2.75, 3.05) is 5.32 Å². The monoisotopic (exact) mass is 319 g/mol. The van der Waals surface area contributed by atoms with Crippen LogP contribution in [0.3, 0.4) is 0 Å². The second-order valence-corrected chi connectivity index (χ2v) is 5.15. The molecule has 2 N–H and O–H groups in total. The molecule has 0 saturated heterocycles. The van der Waals surface area contributed by atoms with Crippen molar-refractivity contribution in [3.05, 3.63) is 83.9 Å². The van der Waals surface area contributed by atoms with Gasteiger partial charge in [0.1, 0.15) is 5.69 Å². The zero-order chi connectivity index (χ0) is 16.6. The Morgan fingerprint density at radius 2 is 1.75 bits per heavy atom. The van der Waals surface area contributed by atoms with Gasteiger partial charge in [-0.2, -0.15) is 0 Å². The van der Waals surface area contributed by atoms with Crippen LogP contribution in [0.1, 0.15) is 21.6 Å². The zero-order valence-electron chi connectivity index (χ0n) is 13.0. The minimum Gasteiger partial charge on any atom is -0.350 e. The summed E-state index contributed by atoms with van der Waals surface area (Å²) in [6.45, 7) is 1.01. The van der Waals surface area contributed by atoms with Gasteiger partial charge in [-0.15, -0.1) is 0 Å². The van der Waals surface area contributed by atoms with Crippen molar-refractivity contribution in [1.29, 1.82) is 0 Å². The molecule has 3 rings (SSSR count). The van der Waals surface area contributed by atoms with Crippen LogP contribution in [0.15, 0.2) is 67.1 Å². The number of rotatable bonds is 6. The van der Waals surface area contributed by atoms with Crippen LogP contribution in [0, 0.1) is 0 Å². The molecular formula is C18H17N5O. The van der Waals surface area contributed by atoms with E-state index in [2.05, 4.69) is 25.6 Å². The number of nitrogens with zero attached hydrogens (tertiary/aromatic N) is 3. The third-order valence-electron chi connectivity index (χ3n) is 3.36. The first-order valence-corrected chi connectivity index (χ1v) is 7.59. The fourth-order valence-corrected chi connectivity index (χ4v) is 2.12. The van der Waals surface area contributed by atoms with E-state index in [0.29, 0.717) is 24.7 Å². The van der Waals surface area contributed by atoms with Crippen molar-refractivity contribution in [1.82, 2.24) is 20.3 Å². The van der Waals surface area contributed by atoms with E-state index in [1.165, 1.54) is 0 Å². The molecule has 1 aromatic carbocycles. The Balaban J connectivity index is 1.59. The first kappa shape index (κ1) is 15.6. The van der Waals surface area contributed by atoms with Crippen molar-refractivity contribution < 1.29 is 4.79 Å². The van der Waals surface area contributed by atoms with Crippen LogP contribution in [0.2, 0.25) is 0 Å². The van der Waals surface area contributed by atoms with Crippen LogP contribution in [0.5, 0.6) is 0 Å². The van der Waals surface area contributed by atoms with E-state index < -0.39 is 0 Å². The molecule has 3 aromatic rings. The summed E-state index contributed by atoms with van der Waals surface area (Å²) in [5, 5.41) is 5.94. The molecule has 1 amide bonds. The van der Waals surface area contributed by atoms with Crippen molar-refractivity contribution in [2.45, 2.75) is 13.1 Å². The molecule has 0 aliphatic heterocycles. The van der Waals surface area contributed by atoms with Gasteiger partial charge < -0.3 is 10.6 Å². The standard InChI is InChI=1S/C18H17N5O/c24-17(21-13-15-7-4-9-19-11-15)16-8-10-20-18(23-16)22-12-14-5-2-1-3-6-14/h1-11H,12-13H2,(H,21,24)(H,20,22,23). The number of pyridine rings is 1. The van der Waals surface area contributed by atoms with E-state index in [0.717, 1.165) is 11.1 Å². The van der Waals surface area contributed by atoms with Crippen molar-refractivity contribution >= 4 is 11.9 Å². The SMILES string of the molecule is O=C(NCc1cccnc1)c1ccnc(NCc2ccccc2)n1. The Morgan fingerprint density at radius 1 is 0.917 bits per heavy atom. The summed E-state index contributed by atoms with van der Waals surface area (Å²) in [6.07, 6.45) is 4.98. The number of carbonyl (C=O) groups excluding carboxylic acids is 1. The van der Waals surface area contributed by atoms with E-state index in [1.54, 1.807) is 24.7 Å². The van der Waals surface area contributed by atoms with Crippen LogP contribution in [0.25, 0.3) is 0 Å². The normalized spacial score (nSPS) is 10.2. The molecule has 0 spiro atoms. The number of nitrogens with one attached hydrogen (secondary N) is 2. The van der Waals surface area contributed by atoms with Crippen LogP contribution in [-0.4, -0.2) is 20.9 Å². The average molecular weight is 319 g/mol. The predicted molar refractivity (Wildman–Crippen MR) is 91.2 cm³/mol. The minimum absolute atomic E-state index is 0.246. The molecule has 0 radical (unpaired) electrons. The molecule has 120 valence electrons. The maximum atomic E-state index is 12.2. The molecular weight excluding hydrogens is 302 g/mol. The van der Waals surface area contributed by atoms with Gasteiger partial charge in [0.15, 0.2) is 0 Å². The number of anilines is 1. The number of amides is 1. The average Bonchev–Trinajstić information content (AvgIpc) is 2.66. The number of aromatic nitrogens is 3. The fourth-order valence-electron chi connectivity index (χ4n) is 2.12. The molecule has 6 nitrogen and oxygen atoms in total. The highest BCUT2D eigenvalue weighted by atomic mass is 16.1. The van der Waals surface area contributed by atoms with Crippen molar-refractivity contribution in [3.63, 3.8) is 0 Å². The molecule has 0 aliphatic carbocycles. The summed E-state index contributed by atoms with van der Waals surface area (Å²) in [6, 6.07) is 15.3. The summed E-state index contributed by atoms with van der Waals surface area (Å²) in [5.41, 5.74) is 2.37. The van der Waals surface area contributed by atoms with Gasteiger partial charge in [0, 0.05) is 31.7 Å². The Hall–Kier alpha value is -3.28. The smallest absolute Gasteiger partial charge is 0.270 e.